The molecule has 0 N–H and O–H groups in total. The van der Waals surface area contributed by atoms with Crippen LogP contribution in [0.3, 0.4) is 0 Å². The van der Waals surface area contributed by atoms with E-state index >= 15 is 0 Å². The molecule has 0 aliphatic heterocycles. The lowest BCUT2D eigenvalue weighted by atomic mass is 10.4. The van der Waals surface area contributed by atoms with Gasteiger partial charge in [-0.25, -0.2) is 9.78 Å². The van der Waals surface area contributed by atoms with Gasteiger partial charge >= 0.3 is 5.69 Å². The van der Waals surface area contributed by atoms with Gasteiger partial charge in [-0.3, -0.25) is 23.3 Å². The number of aromatic nitrogens is 4. The van der Waals surface area contributed by atoms with Crippen LogP contribution in [0.1, 0.15) is 6.92 Å². The number of rotatable bonds is 7. The molecule has 0 aromatic carbocycles. The molecular formula is C15H23BrN4O4Si. The van der Waals surface area contributed by atoms with Crippen LogP contribution in [0, 0.1) is 0 Å². The number of halogens is 1. The molecule has 0 bridgehead atoms. The number of carbonyl (C=O) groups excluding carboxylic acids is 1. The Balaban J connectivity index is 2.46. The molecule has 2 rings (SSSR count). The molecular weight excluding hydrogens is 408 g/mol. The first-order valence-electron chi connectivity index (χ1n) is 7.95. The van der Waals surface area contributed by atoms with Crippen LogP contribution >= 0.6 is 15.9 Å². The number of ketones is 1. The van der Waals surface area contributed by atoms with Gasteiger partial charge in [0.25, 0.3) is 5.56 Å². The molecule has 8 nitrogen and oxygen atoms in total. The Bertz CT molecular complexity index is 923. The maximum absolute atomic E-state index is 12.7. The summed E-state index contributed by atoms with van der Waals surface area (Å²) >= 11 is 3.32. The zero-order valence-corrected chi connectivity index (χ0v) is 17.7. The van der Waals surface area contributed by atoms with Crippen molar-refractivity contribution in [2.24, 2.45) is 7.05 Å². The molecule has 0 unspecified atom stereocenters. The lowest BCUT2D eigenvalue weighted by Crippen LogP contribution is -2.41. The molecule has 0 aliphatic carbocycles. The Morgan fingerprint density at radius 1 is 1.24 bits per heavy atom. The summed E-state index contributed by atoms with van der Waals surface area (Å²) in [5.74, 6) is -0.268. The largest absolute Gasteiger partial charge is 0.361 e. The van der Waals surface area contributed by atoms with Crippen LogP contribution in [0.25, 0.3) is 11.2 Å². The first-order valence-corrected chi connectivity index (χ1v) is 12.5. The van der Waals surface area contributed by atoms with Crippen LogP contribution in [0.15, 0.2) is 14.3 Å². The van der Waals surface area contributed by atoms with E-state index in [2.05, 4.69) is 40.6 Å². The summed E-state index contributed by atoms with van der Waals surface area (Å²) in [6.45, 7) is 8.59. The highest BCUT2D eigenvalue weighted by Crippen LogP contribution is 2.17. The monoisotopic (exact) mass is 430 g/mol. The van der Waals surface area contributed by atoms with Gasteiger partial charge in [0.05, 0.1) is 6.54 Å². The van der Waals surface area contributed by atoms with E-state index in [9.17, 15) is 14.4 Å². The number of hydrogen-bond acceptors (Lipinski definition) is 5. The summed E-state index contributed by atoms with van der Waals surface area (Å²) in [5.41, 5.74) is -0.608. The average Bonchev–Trinajstić information content (AvgIpc) is 2.82. The number of ether oxygens (including phenoxy) is 1. The van der Waals surface area contributed by atoms with Crippen LogP contribution < -0.4 is 11.2 Å². The van der Waals surface area contributed by atoms with Gasteiger partial charge in [-0.2, -0.15) is 0 Å². The molecule has 0 amide bonds. The third-order valence-corrected chi connectivity index (χ3v) is 6.09. The first-order chi connectivity index (χ1) is 11.5. The minimum atomic E-state index is -1.21. The Labute approximate surface area is 154 Å². The van der Waals surface area contributed by atoms with Crippen LogP contribution in [0.4, 0.5) is 0 Å². The summed E-state index contributed by atoms with van der Waals surface area (Å²) < 4.78 is 9.90. The molecule has 0 saturated carbocycles. The third-order valence-electron chi connectivity index (χ3n) is 3.78. The Hall–Kier alpha value is -1.52. The zero-order chi connectivity index (χ0) is 18.9. The number of Topliss-reactive ketones (excluding diaryl/α,β-unsaturated/α-hetero) is 1. The van der Waals surface area contributed by atoms with Crippen molar-refractivity contribution < 1.29 is 9.53 Å². The van der Waals surface area contributed by atoms with Gasteiger partial charge in [0.1, 0.15) is 12.5 Å². The van der Waals surface area contributed by atoms with Gasteiger partial charge in [-0.05, 0) is 28.9 Å². The van der Waals surface area contributed by atoms with E-state index < -0.39 is 19.3 Å². The Morgan fingerprint density at radius 3 is 2.44 bits per heavy atom. The van der Waals surface area contributed by atoms with Crippen LogP contribution in [0.5, 0.6) is 0 Å². The molecule has 0 fully saturated rings. The fourth-order valence-electron chi connectivity index (χ4n) is 2.36. The van der Waals surface area contributed by atoms with Crippen LogP contribution in [0.2, 0.25) is 25.7 Å². The Kier molecular flexibility index (Phi) is 5.85. The highest BCUT2D eigenvalue weighted by molar-refractivity contribution is 9.10. The summed E-state index contributed by atoms with van der Waals surface area (Å²) in [5, 5.41) is 0. The van der Waals surface area contributed by atoms with Gasteiger partial charge < -0.3 is 4.74 Å². The minimum Gasteiger partial charge on any atom is -0.361 e. The number of fused-ring (bicyclic) bond motifs is 1. The summed E-state index contributed by atoms with van der Waals surface area (Å²) in [6, 6.07) is 1.00. The highest BCUT2D eigenvalue weighted by Gasteiger charge is 2.20. The molecule has 25 heavy (non-hydrogen) atoms. The van der Waals surface area contributed by atoms with E-state index in [-0.39, 0.29) is 30.2 Å². The predicted octanol–water partition coefficient (Wildman–Crippen LogP) is 1.56. The Morgan fingerprint density at radius 2 is 1.88 bits per heavy atom. The minimum absolute atomic E-state index is 0.148. The highest BCUT2D eigenvalue weighted by atomic mass is 79.9. The first kappa shape index (κ1) is 19.8. The molecule has 2 aromatic heterocycles. The number of hydrogen-bond donors (Lipinski definition) is 0. The molecule has 0 atom stereocenters. The SMILES string of the molecule is CC(=O)Cn1c(=O)c2c(nc(Br)n2COCC[Si](C)(C)C)n(C)c1=O. The summed E-state index contributed by atoms with van der Waals surface area (Å²) in [6.07, 6.45) is 0. The van der Waals surface area contributed by atoms with Crippen molar-refractivity contribution in [3.05, 3.63) is 25.6 Å². The van der Waals surface area contributed by atoms with E-state index in [0.29, 0.717) is 11.3 Å². The molecule has 10 heteroatoms. The van der Waals surface area contributed by atoms with Crippen molar-refractivity contribution in [1.82, 2.24) is 18.7 Å². The maximum Gasteiger partial charge on any atom is 0.332 e. The van der Waals surface area contributed by atoms with Gasteiger partial charge in [-0.1, -0.05) is 19.6 Å². The second kappa shape index (κ2) is 7.38. The zero-order valence-electron chi connectivity index (χ0n) is 15.1. The van der Waals surface area contributed by atoms with E-state index in [0.717, 1.165) is 10.6 Å². The molecule has 0 radical (unpaired) electrons. The lowest BCUT2D eigenvalue weighted by Gasteiger charge is -2.16. The van der Waals surface area contributed by atoms with Gasteiger partial charge in [0.2, 0.25) is 0 Å². The fraction of sp³-hybridized carbons (Fsp3) is 0.600. The van der Waals surface area contributed by atoms with Crippen molar-refractivity contribution in [3.63, 3.8) is 0 Å². The van der Waals surface area contributed by atoms with Crippen molar-refractivity contribution in [3.8, 4) is 0 Å². The van der Waals surface area contributed by atoms with Crippen molar-refractivity contribution >= 4 is 41.0 Å². The van der Waals surface area contributed by atoms with Crippen molar-refractivity contribution in [2.45, 2.75) is 45.9 Å². The third kappa shape index (κ3) is 4.36. The quantitative estimate of drug-likeness (QED) is 0.377. The van der Waals surface area contributed by atoms with Gasteiger partial charge in [0.15, 0.2) is 15.9 Å². The number of aryl methyl sites for hydroxylation is 1. The maximum atomic E-state index is 12.7. The number of carbonyl (C=O) groups is 1. The van der Waals surface area contributed by atoms with E-state index in [1.54, 1.807) is 4.57 Å². The van der Waals surface area contributed by atoms with Gasteiger partial charge in [0, 0.05) is 21.7 Å². The molecule has 0 spiro atoms. The molecule has 138 valence electrons. The normalized spacial score (nSPS) is 12.1. The van der Waals surface area contributed by atoms with E-state index in [1.165, 1.54) is 18.5 Å². The smallest absolute Gasteiger partial charge is 0.332 e. The second-order valence-corrected chi connectivity index (χ2v) is 13.6. The number of imidazole rings is 1. The van der Waals surface area contributed by atoms with Crippen LogP contribution in [-0.4, -0.2) is 39.1 Å². The predicted molar refractivity (Wildman–Crippen MR) is 102 cm³/mol. The lowest BCUT2D eigenvalue weighted by molar-refractivity contribution is -0.117. The van der Waals surface area contributed by atoms with E-state index in [4.69, 9.17) is 4.74 Å². The molecule has 0 aliphatic rings. The average molecular weight is 431 g/mol. The van der Waals surface area contributed by atoms with Gasteiger partial charge in [-0.15, -0.1) is 0 Å². The second-order valence-electron chi connectivity index (χ2n) is 7.26. The molecule has 2 heterocycles. The standard InChI is InChI=1S/C15H23BrN4O4Si/c1-10(21)8-19-13(22)11-12(18(2)15(19)23)17-14(16)20(11)9-24-6-7-25(3,4)5/h6-9H2,1-5H3. The summed E-state index contributed by atoms with van der Waals surface area (Å²) in [7, 11) is 0.313. The van der Waals surface area contributed by atoms with Crippen molar-refractivity contribution in [2.75, 3.05) is 6.61 Å². The number of nitrogens with zero attached hydrogens (tertiary/aromatic N) is 4. The topological polar surface area (TPSA) is 88.1 Å². The summed E-state index contributed by atoms with van der Waals surface area (Å²) in [4.78, 5) is 40.7. The van der Waals surface area contributed by atoms with Crippen LogP contribution in [-0.2, 0) is 29.9 Å². The molecule has 2 aromatic rings. The fourth-order valence-corrected chi connectivity index (χ4v) is 3.56. The van der Waals surface area contributed by atoms with E-state index in [1.807, 2.05) is 0 Å². The van der Waals surface area contributed by atoms with Crippen molar-refractivity contribution in [1.29, 1.82) is 0 Å². The molecule has 0 saturated heterocycles.